The lowest BCUT2D eigenvalue weighted by molar-refractivity contribution is 0.579. The maximum Gasteiger partial charge on any atom is 0.153 e. The third-order valence-electron chi connectivity index (χ3n) is 2.33. The quantitative estimate of drug-likeness (QED) is 0.868. The zero-order valence-electron chi connectivity index (χ0n) is 9.40. The molecule has 0 aromatic carbocycles. The molecule has 0 atom stereocenters. The van der Waals surface area contributed by atoms with Crippen LogP contribution in [-0.2, 0) is 12.8 Å². The van der Waals surface area contributed by atoms with Crippen LogP contribution in [-0.4, -0.2) is 11.5 Å². The first-order chi connectivity index (χ1) is 7.85. The number of nitrogens with zero attached hydrogens (tertiary/aromatic N) is 1. The van der Waals surface area contributed by atoms with E-state index < -0.39 is 0 Å². The van der Waals surface area contributed by atoms with E-state index in [4.69, 9.17) is 10.2 Å². The van der Waals surface area contributed by atoms with Gasteiger partial charge in [0.2, 0.25) is 0 Å². The summed E-state index contributed by atoms with van der Waals surface area (Å²) in [6, 6.07) is 3.84. The van der Waals surface area contributed by atoms with Crippen LogP contribution in [0.25, 0.3) is 11.5 Å². The second kappa shape index (κ2) is 5.27. The predicted octanol–water partition coefficient (Wildman–Crippen LogP) is 2.86. The zero-order chi connectivity index (χ0) is 11.4. The van der Waals surface area contributed by atoms with Crippen molar-refractivity contribution in [2.75, 3.05) is 6.54 Å². The molecule has 0 spiro atoms. The first-order valence-electron chi connectivity index (χ1n) is 5.57. The predicted molar refractivity (Wildman–Crippen MR) is 66.6 cm³/mol. The van der Waals surface area contributed by atoms with Crippen molar-refractivity contribution in [2.24, 2.45) is 5.73 Å². The maximum atomic E-state index is 5.61. The van der Waals surface area contributed by atoms with Gasteiger partial charge < -0.3 is 10.2 Å². The van der Waals surface area contributed by atoms with Gasteiger partial charge in [0.05, 0.1) is 11.3 Å². The highest BCUT2D eigenvalue weighted by Gasteiger charge is 2.13. The van der Waals surface area contributed by atoms with Crippen LogP contribution in [0.2, 0.25) is 0 Å². The van der Waals surface area contributed by atoms with E-state index in [9.17, 15) is 0 Å². The summed E-state index contributed by atoms with van der Waals surface area (Å²) >= 11 is 1.76. The highest BCUT2D eigenvalue weighted by molar-refractivity contribution is 7.12. The van der Waals surface area contributed by atoms with Gasteiger partial charge in [0, 0.05) is 4.88 Å². The molecule has 0 aliphatic carbocycles. The molecular formula is C12H16N2OS. The van der Waals surface area contributed by atoms with Crippen molar-refractivity contribution < 1.29 is 4.42 Å². The van der Waals surface area contributed by atoms with Gasteiger partial charge in [-0.25, -0.2) is 4.98 Å². The summed E-state index contributed by atoms with van der Waals surface area (Å²) in [6.07, 6.45) is 4.70. The number of aromatic nitrogens is 1. The standard InChI is InChI=1S/C12H16N2OS/c1-2-4-11-14-12(9-5-3-8-15-9)10(16-11)6-7-13/h3,5,8H,2,4,6-7,13H2,1H3. The molecule has 0 bridgehead atoms. The van der Waals surface area contributed by atoms with Gasteiger partial charge in [-0.3, -0.25) is 0 Å². The Hall–Kier alpha value is -1.13. The fourth-order valence-corrected chi connectivity index (χ4v) is 2.82. The Morgan fingerprint density at radius 2 is 2.31 bits per heavy atom. The van der Waals surface area contributed by atoms with E-state index in [0.717, 1.165) is 30.7 Å². The lowest BCUT2D eigenvalue weighted by Gasteiger charge is -1.95. The van der Waals surface area contributed by atoms with Crippen molar-refractivity contribution in [2.45, 2.75) is 26.2 Å². The Morgan fingerprint density at radius 1 is 1.44 bits per heavy atom. The Labute approximate surface area is 99.3 Å². The summed E-state index contributed by atoms with van der Waals surface area (Å²) in [7, 11) is 0. The number of thiazole rings is 1. The molecular weight excluding hydrogens is 220 g/mol. The highest BCUT2D eigenvalue weighted by atomic mass is 32.1. The molecule has 0 saturated heterocycles. The molecule has 2 heterocycles. The Morgan fingerprint density at radius 3 is 2.94 bits per heavy atom. The minimum atomic E-state index is 0.654. The molecule has 2 rings (SSSR count). The van der Waals surface area contributed by atoms with E-state index >= 15 is 0 Å². The fraction of sp³-hybridized carbons (Fsp3) is 0.417. The number of hydrogen-bond acceptors (Lipinski definition) is 4. The van der Waals surface area contributed by atoms with Gasteiger partial charge in [-0.1, -0.05) is 6.92 Å². The second-order valence-electron chi connectivity index (χ2n) is 3.65. The SMILES string of the molecule is CCCc1nc(-c2ccco2)c(CCN)s1. The number of hydrogen-bond donors (Lipinski definition) is 1. The van der Waals surface area contributed by atoms with Gasteiger partial charge in [-0.05, 0) is 37.9 Å². The summed E-state index contributed by atoms with van der Waals surface area (Å²) in [5.74, 6) is 0.849. The first kappa shape index (κ1) is 11.4. The molecule has 2 aromatic heterocycles. The van der Waals surface area contributed by atoms with Crippen LogP contribution in [0.4, 0.5) is 0 Å². The van der Waals surface area contributed by atoms with Gasteiger partial charge in [-0.2, -0.15) is 0 Å². The van der Waals surface area contributed by atoms with Crippen molar-refractivity contribution in [3.63, 3.8) is 0 Å². The van der Waals surface area contributed by atoms with Gasteiger partial charge in [0.1, 0.15) is 5.69 Å². The highest BCUT2D eigenvalue weighted by Crippen LogP contribution is 2.29. The largest absolute Gasteiger partial charge is 0.463 e. The minimum Gasteiger partial charge on any atom is -0.463 e. The van der Waals surface area contributed by atoms with Crippen molar-refractivity contribution in [1.29, 1.82) is 0 Å². The molecule has 16 heavy (non-hydrogen) atoms. The number of nitrogens with two attached hydrogens (primary N) is 1. The molecule has 86 valence electrons. The summed E-state index contributed by atoms with van der Waals surface area (Å²) in [6.45, 7) is 2.82. The van der Waals surface area contributed by atoms with Crippen LogP contribution in [0.1, 0.15) is 23.2 Å². The molecule has 0 unspecified atom stereocenters. The Balaban J connectivity index is 2.34. The normalized spacial score (nSPS) is 10.9. The van der Waals surface area contributed by atoms with Gasteiger partial charge >= 0.3 is 0 Å². The molecule has 0 saturated carbocycles. The van der Waals surface area contributed by atoms with Gasteiger partial charge in [-0.15, -0.1) is 11.3 Å². The van der Waals surface area contributed by atoms with Crippen LogP contribution < -0.4 is 5.73 Å². The molecule has 3 nitrogen and oxygen atoms in total. The van der Waals surface area contributed by atoms with Gasteiger partial charge in [0.25, 0.3) is 0 Å². The average Bonchev–Trinajstić information content (AvgIpc) is 2.87. The number of aryl methyl sites for hydroxylation is 1. The third kappa shape index (κ3) is 2.33. The monoisotopic (exact) mass is 236 g/mol. The Bertz CT molecular complexity index is 434. The van der Waals surface area contributed by atoms with Crippen molar-refractivity contribution >= 4 is 11.3 Å². The van der Waals surface area contributed by atoms with Crippen molar-refractivity contribution in [3.05, 3.63) is 28.3 Å². The summed E-state index contributed by atoms with van der Waals surface area (Å²) in [5, 5.41) is 1.18. The molecule has 2 aromatic rings. The number of furan rings is 1. The van der Waals surface area contributed by atoms with Crippen LogP contribution in [0.15, 0.2) is 22.8 Å². The summed E-state index contributed by atoms with van der Waals surface area (Å²) < 4.78 is 5.40. The van der Waals surface area contributed by atoms with E-state index in [1.165, 1.54) is 9.88 Å². The zero-order valence-corrected chi connectivity index (χ0v) is 10.2. The van der Waals surface area contributed by atoms with E-state index in [-0.39, 0.29) is 0 Å². The molecule has 2 N–H and O–H groups in total. The topological polar surface area (TPSA) is 52.0 Å². The number of rotatable bonds is 5. The molecule has 0 fully saturated rings. The van der Waals surface area contributed by atoms with E-state index in [1.54, 1.807) is 17.6 Å². The summed E-state index contributed by atoms with van der Waals surface area (Å²) in [4.78, 5) is 5.87. The lowest BCUT2D eigenvalue weighted by Crippen LogP contribution is -2.01. The van der Waals surface area contributed by atoms with Crippen molar-refractivity contribution in [3.8, 4) is 11.5 Å². The van der Waals surface area contributed by atoms with Crippen LogP contribution in [0.5, 0.6) is 0 Å². The third-order valence-corrected chi connectivity index (χ3v) is 3.51. The van der Waals surface area contributed by atoms with E-state index in [0.29, 0.717) is 6.54 Å². The average molecular weight is 236 g/mol. The molecule has 0 aliphatic heterocycles. The maximum absolute atomic E-state index is 5.61. The van der Waals surface area contributed by atoms with E-state index in [2.05, 4.69) is 11.9 Å². The molecule has 0 radical (unpaired) electrons. The first-order valence-corrected chi connectivity index (χ1v) is 6.39. The lowest BCUT2D eigenvalue weighted by atomic mass is 10.2. The fourth-order valence-electron chi connectivity index (χ4n) is 1.63. The van der Waals surface area contributed by atoms with Gasteiger partial charge in [0.15, 0.2) is 5.76 Å². The van der Waals surface area contributed by atoms with Crippen LogP contribution in [0, 0.1) is 0 Å². The molecule has 0 aliphatic rings. The van der Waals surface area contributed by atoms with Crippen LogP contribution >= 0.6 is 11.3 Å². The van der Waals surface area contributed by atoms with Crippen molar-refractivity contribution in [1.82, 2.24) is 4.98 Å². The molecule has 0 amide bonds. The molecule has 4 heteroatoms. The Kier molecular flexibility index (Phi) is 3.74. The summed E-state index contributed by atoms with van der Waals surface area (Å²) in [5.41, 5.74) is 6.59. The van der Waals surface area contributed by atoms with Crippen LogP contribution in [0.3, 0.4) is 0 Å². The van der Waals surface area contributed by atoms with E-state index in [1.807, 2.05) is 12.1 Å². The second-order valence-corrected chi connectivity index (χ2v) is 4.81. The minimum absolute atomic E-state index is 0.654. The smallest absolute Gasteiger partial charge is 0.153 e.